The van der Waals surface area contributed by atoms with E-state index in [1.165, 1.54) is 5.56 Å². The fourth-order valence-corrected chi connectivity index (χ4v) is 2.27. The minimum atomic E-state index is 0.119. The number of benzene rings is 1. The summed E-state index contributed by atoms with van der Waals surface area (Å²) < 4.78 is 0. The lowest BCUT2D eigenvalue weighted by atomic mass is 10.2. The summed E-state index contributed by atoms with van der Waals surface area (Å²) in [5.41, 5.74) is 8.09. The molecule has 3 N–H and O–H groups in total. The van der Waals surface area contributed by atoms with E-state index in [4.69, 9.17) is 10.8 Å². The van der Waals surface area contributed by atoms with Crippen molar-refractivity contribution in [2.45, 2.75) is 31.7 Å². The Morgan fingerprint density at radius 3 is 2.40 bits per heavy atom. The monoisotopic (exact) mass is 225 g/mol. The predicted octanol–water partition coefficient (Wildman–Crippen LogP) is 2.15. The summed E-state index contributed by atoms with van der Waals surface area (Å²) in [5.74, 6) is 2.01. The first-order valence-electron chi connectivity index (χ1n) is 5.28. The van der Waals surface area contributed by atoms with Gasteiger partial charge in [0.15, 0.2) is 0 Å². The Labute approximate surface area is 95.9 Å². The molecule has 0 amide bonds. The first-order chi connectivity index (χ1) is 7.26. The van der Waals surface area contributed by atoms with E-state index in [1.54, 1.807) is 0 Å². The molecule has 0 spiro atoms. The van der Waals surface area contributed by atoms with Crippen LogP contribution >= 0.6 is 11.8 Å². The quantitative estimate of drug-likeness (QED) is 0.780. The van der Waals surface area contributed by atoms with Crippen molar-refractivity contribution in [3.8, 4) is 0 Å². The first kappa shape index (κ1) is 12.6. The van der Waals surface area contributed by atoms with E-state index in [2.05, 4.69) is 19.1 Å². The number of hydrogen-bond acceptors (Lipinski definition) is 3. The van der Waals surface area contributed by atoms with Gasteiger partial charge in [0, 0.05) is 17.5 Å². The van der Waals surface area contributed by atoms with Gasteiger partial charge in [-0.3, -0.25) is 0 Å². The van der Waals surface area contributed by atoms with Gasteiger partial charge in [0.1, 0.15) is 0 Å². The van der Waals surface area contributed by atoms with Crippen molar-refractivity contribution >= 4 is 11.8 Å². The number of rotatable bonds is 6. The van der Waals surface area contributed by atoms with Gasteiger partial charge in [0.25, 0.3) is 0 Å². The van der Waals surface area contributed by atoms with Crippen LogP contribution in [0.5, 0.6) is 0 Å². The zero-order chi connectivity index (χ0) is 11.1. The van der Waals surface area contributed by atoms with Gasteiger partial charge >= 0.3 is 0 Å². The second kappa shape index (κ2) is 6.88. The second-order valence-electron chi connectivity index (χ2n) is 3.66. The minimum Gasteiger partial charge on any atom is -0.392 e. The predicted molar refractivity (Wildman–Crippen MR) is 66.8 cm³/mol. The molecule has 0 saturated carbocycles. The third kappa shape index (κ3) is 4.69. The fourth-order valence-electron chi connectivity index (χ4n) is 1.19. The van der Waals surface area contributed by atoms with Crippen LogP contribution in [-0.4, -0.2) is 16.9 Å². The summed E-state index contributed by atoms with van der Waals surface area (Å²) in [4.78, 5) is 0. The molecule has 1 aromatic rings. The summed E-state index contributed by atoms with van der Waals surface area (Å²) in [6, 6.07) is 8.38. The van der Waals surface area contributed by atoms with Crippen LogP contribution < -0.4 is 5.73 Å². The van der Waals surface area contributed by atoms with Gasteiger partial charge in [-0.25, -0.2) is 0 Å². The van der Waals surface area contributed by atoms with Crippen LogP contribution in [0.4, 0.5) is 0 Å². The van der Waals surface area contributed by atoms with Gasteiger partial charge in [-0.05, 0) is 17.5 Å². The molecule has 0 saturated heterocycles. The SMILES string of the molecule is CCC(N)CSCc1ccc(CO)cc1. The van der Waals surface area contributed by atoms with E-state index in [0.717, 1.165) is 23.5 Å². The van der Waals surface area contributed by atoms with Crippen molar-refractivity contribution in [2.24, 2.45) is 5.73 Å². The zero-order valence-corrected chi connectivity index (χ0v) is 9.96. The van der Waals surface area contributed by atoms with E-state index in [1.807, 2.05) is 23.9 Å². The molecule has 0 aliphatic heterocycles. The molecule has 0 aliphatic rings. The number of aliphatic hydroxyl groups excluding tert-OH is 1. The molecular formula is C12H19NOS. The van der Waals surface area contributed by atoms with Crippen LogP contribution in [0.15, 0.2) is 24.3 Å². The average Bonchev–Trinajstić information content (AvgIpc) is 2.29. The number of nitrogens with two attached hydrogens (primary N) is 1. The third-order valence-corrected chi connectivity index (χ3v) is 3.53. The van der Waals surface area contributed by atoms with Crippen LogP contribution in [0.2, 0.25) is 0 Å². The summed E-state index contributed by atoms with van der Waals surface area (Å²) >= 11 is 1.86. The zero-order valence-electron chi connectivity index (χ0n) is 9.15. The number of aliphatic hydroxyl groups is 1. The molecule has 1 unspecified atom stereocenters. The fraction of sp³-hybridized carbons (Fsp3) is 0.500. The maximum absolute atomic E-state index is 8.89. The molecule has 1 aromatic carbocycles. The average molecular weight is 225 g/mol. The van der Waals surface area contributed by atoms with E-state index < -0.39 is 0 Å². The van der Waals surface area contributed by atoms with Crippen LogP contribution in [0, 0.1) is 0 Å². The van der Waals surface area contributed by atoms with Crippen LogP contribution in [0.25, 0.3) is 0 Å². The maximum Gasteiger partial charge on any atom is 0.0681 e. The molecule has 3 heteroatoms. The van der Waals surface area contributed by atoms with E-state index in [0.29, 0.717) is 6.04 Å². The molecule has 2 nitrogen and oxygen atoms in total. The van der Waals surface area contributed by atoms with E-state index in [9.17, 15) is 0 Å². The van der Waals surface area contributed by atoms with Crippen molar-refractivity contribution in [1.29, 1.82) is 0 Å². The third-order valence-electron chi connectivity index (χ3n) is 2.33. The van der Waals surface area contributed by atoms with E-state index >= 15 is 0 Å². The van der Waals surface area contributed by atoms with Crippen molar-refractivity contribution < 1.29 is 5.11 Å². The highest BCUT2D eigenvalue weighted by Crippen LogP contribution is 2.14. The summed E-state index contributed by atoms with van der Waals surface area (Å²) in [6.07, 6.45) is 1.04. The lowest BCUT2D eigenvalue weighted by Gasteiger charge is -2.08. The Kier molecular flexibility index (Phi) is 5.76. The Bertz CT molecular complexity index is 273. The van der Waals surface area contributed by atoms with Crippen LogP contribution in [0.1, 0.15) is 24.5 Å². The minimum absolute atomic E-state index is 0.119. The highest BCUT2D eigenvalue weighted by molar-refractivity contribution is 7.98. The number of thioether (sulfide) groups is 1. The van der Waals surface area contributed by atoms with Crippen molar-refractivity contribution in [2.75, 3.05) is 5.75 Å². The van der Waals surface area contributed by atoms with Crippen molar-refractivity contribution in [1.82, 2.24) is 0 Å². The molecule has 0 radical (unpaired) electrons. The Balaban J connectivity index is 2.31. The normalized spacial score (nSPS) is 12.7. The largest absolute Gasteiger partial charge is 0.392 e. The number of hydrogen-bond donors (Lipinski definition) is 2. The summed E-state index contributed by atoms with van der Waals surface area (Å²) in [5, 5.41) is 8.89. The molecule has 0 fully saturated rings. The Hall–Kier alpha value is -0.510. The Morgan fingerprint density at radius 1 is 1.27 bits per heavy atom. The van der Waals surface area contributed by atoms with E-state index in [-0.39, 0.29) is 6.61 Å². The molecule has 0 aromatic heterocycles. The molecule has 15 heavy (non-hydrogen) atoms. The van der Waals surface area contributed by atoms with Gasteiger partial charge in [0.05, 0.1) is 6.61 Å². The first-order valence-corrected chi connectivity index (χ1v) is 6.43. The van der Waals surface area contributed by atoms with Gasteiger partial charge < -0.3 is 10.8 Å². The lowest BCUT2D eigenvalue weighted by molar-refractivity contribution is 0.282. The summed E-state index contributed by atoms with van der Waals surface area (Å²) in [7, 11) is 0. The van der Waals surface area contributed by atoms with Gasteiger partial charge in [0.2, 0.25) is 0 Å². The molecule has 0 aliphatic carbocycles. The lowest BCUT2D eigenvalue weighted by Crippen LogP contribution is -2.21. The Morgan fingerprint density at radius 2 is 1.87 bits per heavy atom. The molecule has 0 bridgehead atoms. The molecule has 0 heterocycles. The highest BCUT2D eigenvalue weighted by Gasteiger charge is 1.99. The van der Waals surface area contributed by atoms with Crippen LogP contribution in [0.3, 0.4) is 0 Å². The van der Waals surface area contributed by atoms with Gasteiger partial charge in [-0.15, -0.1) is 0 Å². The second-order valence-corrected chi connectivity index (χ2v) is 4.69. The smallest absolute Gasteiger partial charge is 0.0681 e. The molecule has 84 valence electrons. The highest BCUT2D eigenvalue weighted by atomic mass is 32.2. The standard InChI is InChI=1S/C12H19NOS/c1-2-12(13)9-15-8-11-5-3-10(7-14)4-6-11/h3-6,12,14H,2,7-9,13H2,1H3. The van der Waals surface area contributed by atoms with Crippen molar-refractivity contribution in [3.05, 3.63) is 35.4 Å². The van der Waals surface area contributed by atoms with Crippen LogP contribution in [-0.2, 0) is 12.4 Å². The van der Waals surface area contributed by atoms with Crippen molar-refractivity contribution in [3.63, 3.8) is 0 Å². The molecular weight excluding hydrogens is 206 g/mol. The molecule has 1 rings (SSSR count). The topological polar surface area (TPSA) is 46.2 Å². The van der Waals surface area contributed by atoms with Gasteiger partial charge in [-0.1, -0.05) is 31.2 Å². The summed E-state index contributed by atoms with van der Waals surface area (Å²) in [6.45, 7) is 2.23. The maximum atomic E-state index is 8.89. The molecule has 1 atom stereocenters. The van der Waals surface area contributed by atoms with Gasteiger partial charge in [-0.2, -0.15) is 11.8 Å².